The molecule has 0 heterocycles. The lowest BCUT2D eigenvalue weighted by Crippen LogP contribution is -2.07. The van der Waals surface area contributed by atoms with E-state index in [4.69, 9.17) is 23.2 Å². The van der Waals surface area contributed by atoms with Crippen molar-refractivity contribution < 1.29 is 14.5 Å². The Labute approximate surface area is 162 Å². The molecule has 0 aliphatic rings. The summed E-state index contributed by atoms with van der Waals surface area (Å²) in [5.74, 6) is -0.397. The predicted molar refractivity (Wildman–Crippen MR) is 104 cm³/mol. The minimum atomic E-state index is -0.518. The normalized spacial score (nSPS) is 9.73. The van der Waals surface area contributed by atoms with Crippen LogP contribution in [0.1, 0.15) is 29.8 Å². The zero-order chi connectivity index (χ0) is 19.7. The zero-order valence-electron chi connectivity index (χ0n) is 14.7. The highest BCUT2D eigenvalue weighted by atomic mass is 35.5. The van der Waals surface area contributed by atoms with Crippen LogP contribution in [0.15, 0.2) is 36.4 Å². The molecule has 0 saturated heterocycles. The maximum Gasteiger partial charge on any atom is 0.337 e. The summed E-state index contributed by atoms with van der Waals surface area (Å²) in [6, 6.07) is 9.60. The monoisotopic (exact) mass is 398 g/mol. The fourth-order valence-electron chi connectivity index (χ4n) is 2.10. The van der Waals surface area contributed by atoms with Gasteiger partial charge in [-0.15, -0.1) is 0 Å². The van der Waals surface area contributed by atoms with E-state index in [1.165, 1.54) is 19.2 Å². The fraction of sp³-hybridized carbons (Fsp3) is 0.278. The number of carbonyl (C=O) groups is 1. The fourth-order valence-corrected chi connectivity index (χ4v) is 2.42. The summed E-state index contributed by atoms with van der Waals surface area (Å²) in [6.45, 7) is 4.45. The van der Waals surface area contributed by atoms with Crippen LogP contribution >= 0.6 is 23.2 Å². The van der Waals surface area contributed by atoms with Gasteiger partial charge < -0.3 is 10.1 Å². The predicted octanol–water partition coefficient (Wildman–Crippen LogP) is 5.37. The molecular weight excluding hydrogens is 379 g/mol. The van der Waals surface area contributed by atoms with Crippen LogP contribution in [-0.2, 0) is 11.2 Å². The van der Waals surface area contributed by atoms with Crippen LogP contribution in [0, 0.1) is 10.1 Å². The molecule has 0 spiro atoms. The number of nitro groups is 1. The number of rotatable bonds is 6. The van der Waals surface area contributed by atoms with Gasteiger partial charge in [-0.05, 0) is 30.2 Å². The Morgan fingerprint density at radius 1 is 1.15 bits per heavy atom. The van der Waals surface area contributed by atoms with Gasteiger partial charge in [-0.25, -0.2) is 4.79 Å². The maximum atomic E-state index is 11.4. The van der Waals surface area contributed by atoms with E-state index in [0.29, 0.717) is 24.2 Å². The number of nitro benzene ring substituents is 1. The van der Waals surface area contributed by atoms with Gasteiger partial charge in [0, 0.05) is 12.6 Å². The van der Waals surface area contributed by atoms with Crippen LogP contribution in [0.2, 0.25) is 10.0 Å². The number of hydrogen-bond acceptors (Lipinski definition) is 5. The first kappa shape index (κ1) is 21.7. The lowest BCUT2D eigenvalue weighted by atomic mass is 10.1. The lowest BCUT2D eigenvalue weighted by molar-refractivity contribution is -0.383. The first-order chi connectivity index (χ1) is 12.4. The number of methoxy groups -OCH3 is 1. The van der Waals surface area contributed by atoms with Gasteiger partial charge in [0.05, 0.1) is 27.6 Å². The van der Waals surface area contributed by atoms with Crippen LogP contribution in [0.25, 0.3) is 0 Å². The van der Waals surface area contributed by atoms with E-state index in [2.05, 4.69) is 10.1 Å². The first-order valence-electron chi connectivity index (χ1n) is 7.97. The molecule has 26 heavy (non-hydrogen) atoms. The molecule has 0 amide bonds. The van der Waals surface area contributed by atoms with Gasteiger partial charge in [-0.3, -0.25) is 10.1 Å². The summed E-state index contributed by atoms with van der Waals surface area (Å²) in [5.41, 5.74) is 1.61. The average molecular weight is 399 g/mol. The summed E-state index contributed by atoms with van der Waals surface area (Å²) >= 11 is 11.7. The number of ether oxygens (including phenoxy) is 1. The van der Waals surface area contributed by atoms with Crippen molar-refractivity contribution in [3.05, 3.63) is 67.7 Å². The number of nitrogens with one attached hydrogen (secondary N) is 1. The summed E-state index contributed by atoms with van der Waals surface area (Å²) in [5, 5.41) is 14.4. The number of carbonyl (C=O) groups excluding carboxylic acids is 1. The third kappa shape index (κ3) is 5.89. The molecule has 0 radical (unpaired) electrons. The number of nitrogens with zero attached hydrogens (tertiary/aromatic N) is 1. The van der Waals surface area contributed by atoms with Gasteiger partial charge in [0.25, 0.3) is 5.69 Å². The van der Waals surface area contributed by atoms with Crippen LogP contribution in [0.4, 0.5) is 11.4 Å². The molecule has 1 N–H and O–H groups in total. The van der Waals surface area contributed by atoms with Crippen LogP contribution in [0.3, 0.4) is 0 Å². The minimum absolute atomic E-state index is 0.132. The van der Waals surface area contributed by atoms with E-state index in [1.54, 1.807) is 24.3 Å². The molecule has 140 valence electrons. The first-order valence-corrected chi connectivity index (χ1v) is 8.72. The third-order valence-corrected chi connectivity index (χ3v) is 4.06. The number of hydrogen-bond donors (Lipinski definition) is 1. The molecule has 2 aromatic carbocycles. The molecule has 2 rings (SSSR count). The van der Waals surface area contributed by atoms with Crippen molar-refractivity contribution in [3.63, 3.8) is 0 Å². The molecule has 0 unspecified atom stereocenters. The van der Waals surface area contributed by atoms with Gasteiger partial charge in [0.1, 0.15) is 5.69 Å². The third-order valence-electron chi connectivity index (χ3n) is 3.34. The minimum Gasteiger partial charge on any atom is -0.465 e. The SMILES string of the molecule is CC.COC(=O)c1ccc(CCNc2cc(Cl)c(Cl)cc2[N+](=O)[O-])cc1. The van der Waals surface area contributed by atoms with Crippen molar-refractivity contribution in [1.29, 1.82) is 0 Å². The molecule has 0 saturated carbocycles. The van der Waals surface area contributed by atoms with Gasteiger partial charge in [0.15, 0.2) is 0 Å². The standard InChI is InChI=1S/C16H14Cl2N2O4.C2H6/c1-24-16(21)11-4-2-10(3-5-11)6-7-19-14-8-12(17)13(18)9-15(14)20(22)23;1-2/h2-5,8-9,19H,6-7H2,1H3;1-2H3. The Morgan fingerprint density at radius 3 is 2.27 bits per heavy atom. The Balaban J connectivity index is 0.00000163. The number of esters is 1. The Bertz CT molecular complexity index is 765. The number of benzene rings is 2. The second-order valence-corrected chi connectivity index (χ2v) is 5.72. The van der Waals surface area contributed by atoms with Gasteiger partial charge in [-0.2, -0.15) is 0 Å². The Kier molecular flexibility index (Phi) is 8.88. The van der Waals surface area contributed by atoms with Crippen molar-refractivity contribution in [2.75, 3.05) is 19.0 Å². The van der Waals surface area contributed by atoms with E-state index in [9.17, 15) is 14.9 Å². The van der Waals surface area contributed by atoms with Crippen molar-refractivity contribution in [2.45, 2.75) is 20.3 Å². The van der Waals surface area contributed by atoms with Crippen molar-refractivity contribution in [3.8, 4) is 0 Å². The molecule has 0 fully saturated rings. The number of anilines is 1. The molecule has 8 heteroatoms. The average Bonchev–Trinajstić information content (AvgIpc) is 2.65. The van der Waals surface area contributed by atoms with E-state index >= 15 is 0 Å². The highest BCUT2D eigenvalue weighted by molar-refractivity contribution is 6.42. The lowest BCUT2D eigenvalue weighted by Gasteiger charge is -2.09. The molecule has 6 nitrogen and oxygen atoms in total. The second-order valence-electron chi connectivity index (χ2n) is 4.91. The van der Waals surface area contributed by atoms with Crippen molar-refractivity contribution in [1.82, 2.24) is 0 Å². The summed E-state index contributed by atoms with van der Waals surface area (Å²) in [6.07, 6.45) is 0.610. The summed E-state index contributed by atoms with van der Waals surface area (Å²) < 4.78 is 4.63. The molecule has 0 aromatic heterocycles. The molecule has 0 bridgehead atoms. The molecule has 0 aliphatic carbocycles. The van der Waals surface area contributed by atoms with Crippen LogP contribution in [0.5, 0.6) is 0 Å². The van der Waals surface area contributed by atoms with Crippen molar-refractivity contribution in [2.24, 2.45) is 0 Å². The molecular formula is C18H20Cl2N2O4. The topological polar surface area (TPSA) is 81.5 Å². The van der Waals surface area contributed by atoms with E-state index in [0.717, 1.165) is 5.56 Å². The van der Waals surface area contributed by atoms with Gasteiger partial charge in [-0.1, -0.05) is 49.2 Å². The van der Waals surface area contributed by atoms with Crippen LogP contribution < -0.4 is 5.32 Å². The molecule has 2 aromatic rings. The van der Waals surface area contributed by atoms with E-state index in [1.807, 2.05) is 13.8 Å². The Hall–Kier alpha value is -2.31. The van der Waals surface area contributed by atoms with E-state index in [-0.39, 0.29) is 15.7 Å². The molecule has 0 atom stereocenters. The molecule has 0 aliphatic heterocycles. The summed E-state index contributed by atoms with van der Waals surface area (Å²) in [4.78, 5) is 21.9. The highest BCUT2D eigenvalue weighted by Crippen LogP contribution is 2.33. The summed E-state index contributed by atoms with van der Waals surface area (Å²) in [7, 11) is 1.32. The Morgan fingerprint density at radius 2 is 1.73 bits per heavy atom. The quantitative estimate of drug-likeness (QED) is 0.401. The van der Waals surface area contributed by atoms with Gasteiger partial charge in [0.2, 0.25) is 0 Å². The second kappa shape index (κ2) is 10.6. The highest BCUT2D eigenvalue weighted by Gasteiger charge is 2.16. The van der Waals surface area contributed by atoms with Crippen molar-refractivity contribution >= 4 is 40.5 Å². The van der Waals surface area contributed by atoms with Crippen LogP contribution in [-0.4, -0.2) is 24.5 Å². The van der Waals surface area contributed by atoms with Gasteiger partial charge >= 0.3 is 5.97 Å². The number of halogens is 2. The largest absolute Gasteiger partial charge is 0.465 e. The zero-order valence-corrected chi connectivity index (χ0v) is 16.2. The maximum absolute atomic E-state index is 11.4. The smallest absolute Gasteiger partial charge is 0.337 e. The van der Waals surface area contributed by atoms with E-state index < -0.39 is 10.9 Å².